The number of unbranched alkanes of at least 4 members (excludes halogenated alkanes) is 5. The fraction of sp³-hybridized carbons (Fsp3) is 0.765. The molecule has 0 bridgehead atoms. The molecule has 0 unspecified atom stereocenters. The maximum absolute atomic E-state index is 6.13. The van der Waals surface area contributed by atoms with Crippen LogP contribution in [0.4, 0.5) is 0 Å². The van der Waals surface area contributed by atoms with E-state index in [1.807, 2.05) is 12.2 Å². The molecule has 0 spiro atoms. The van der Waals surface area contributed by atoms with Crippen molar-refractivity contribution in [2.24, 2.45) is 0 Å². The molecule has 0 aromatic rings. The van der Waals surface area contributed by atoms with E-state index in [-0.39, 0.29) is 68.6 Å². The molecular formula is C17H33Cl3Si2Zr. The molecule has 23 heavy (non-hydrogen) atoms. The van der Waals surface area contributed by atoms with Gasteiger partial charge < -0.3 is 24.8 Å². The minimum absolute atomic E-state index is 0. The van der Waals surface area contributed by atoms with Crippen molar-refractivity contribution in [1.29, 1.82) is 0 Å². The summed E-state index contributed by atoms with van der Waals surface area (Å²) in [6.07, 6.45) is 18.6. The average molecular weight is 491 g/mol. The predicted molar refractivity (Wildman–Crippen MR) is 99.8 cm³/mol. The van der Waals surface area contributed by atoms with E-state index in [9.17, 15) is 0 Å². The molecular weight excluding hydrogens is 458 g/mol. The zero-order chi connectivity index (χ0) is 15.3. The minimum Gasteiger partial charge on any atom is -1.00 e. The molecule has 0 saturated heterocycles. The van der Waals surface area contributed by atoms with E-state index in [2.05, 4.69) is 39.5 Å². The predicted octanol–water partition coefficient (Wildman–Crippen LogP) is -0.157. The van der Waals surface area contributed by atoms with Crippen LogP contribution >= 0.6 is 11.1 Å². The Morgan fingerprint density at radius 2 is 1.70 bits per heavy atom. The standard InChI is InChI=1S/C12H28ClSi2.C5H5.2ClH.Zr/c1-5-6-7-8-9-10-11-15(4)12(2,3)14-13;1-2-4-5-3-1;;;/h5-11,14H2,1-4H3;1-3H,4H2;2*1H;/q;-1;;;+3/p-2. The van der Waals surface area contributed by atoms with Crippen molar-refractivity contribution in [3.63, 3.8) is 0 Å². The van der Waals surface area contributed by atoms with E-state index in [1.165, 1.54) is 44.6 Å². The molecule has 0 aliphatic heterocycles. The van der Waals surface area contributed by atoms with Crippen LogP contribution in [0.15, 0.2) is 18.2 Å². The molecule has 0 atom stereocenters. The SMILES string of the molecule is CCCCCCCC[Si](C)C(C)(C)[SiH2]Cl.[C-]1=CC=CC1.[Cl-].[Cl-].[Zr+3]. The number of halogens is 3. The van der Waals surface area contributed by atoms with Gasteiger partial charge in [0.25, 0.3) is 0 Å². The van der Waals surface area contributed by atoms with Gasteiger partial charge in [0.1, 0.15) is 8.83 Å². The maximum Gasteiger partial charge on any atom is 3.00 e. The van der Waals surface area contributed by atoms with Gasteiger partial charge in [0.05, 0.1) is 0 Å². The van der Waals surface area contributed by atoms with Gasteiger partial charge in [-0.2, -0.15) is 17.2 Å². The summed E-state index contributed by atoms with van der Waals surface area (Å²) in [5.74, 6) is 0. The van der Waals surface area contributed by atoms with E-state index in [0.29, 0.717) is 4.66 Å². The number of rotatable bonds is 9. The van der Waals surface area contributed by atoms with Gasteiger partial charge in [-0.1, -0.05) is 71.9 Å². The fourth-order valence-electron chi connectivity index (χ4n) is 1.96. The summed E-state index contributed by atoms with van der Waals surface area (Å²) in [5.41, 5.74) is 0. The molecule has 2 radical (unpaired) electrons. The normalized spacial score (nSPS) is 12.4. The van der Waals surface area contributed by atoms with Crippen LogP contribution in [0.1, 0.15) is 65.7 Å². The van der Waals surface area contributed by atoms with Gasteiger partial charge in [-0.3, -0.25) is 6.08 Å². The maximum atomic E-state index is 6.13. The molecule has 0 nitrogen and oxygen atoms in total. The van der Waals surface area contributed by atoms with Gasteiger partial charge in [-0.15, -0.1) is 6.42 Å². The van der Waals surface area contributed by atoms with Crippen molar-refractivity contribution in [2.45, 2.75) is 83.0 Å². The Morgan fingerprint density at radius 1 is 1.13 bits per heavy atom. The van der Waals surface area contributed by atoms with Gasteiger partial charge in [-0.05, 0) is 4.66 Å². The summed E-state index contributed by atoms with van der Waals surface area (Å²) in [7, 11) is -0.515. The first-order chi connectivity index (χ1) is 9.54. The first-order valence-electron chi connectivity index (χ1n) is 8.15. The van der Waals surface area contributed by atoms with Gasteiger partial charge in [0, 0.05) is 8.80 Å². The molecule has 0 aromatic heterocycles. The van der Waals surface area contributed by atoms with E-state index < -0.39 is 0 Å². The van der Waals surface area contributed by atoms with Crippen molar-refractivity contribution in [2.75, 3.05) is 0 Å². The molecule has 0 N–H and O–H groups in total. The molecule has 6 heteroatoms. The Bertz CT molecular complexity index is 275. The molecule has 1 aliphatic carbocycles. The zero-order valence-corrected chi connectivity index (χ0v) is 22.4. The summed E-state index contributed by atoms with van der Waals surface area (Å²) in [6.45, 7) is 9.53. The van der Waals surface area contributed by atoms with Gasteiger partial charge in [0.15, 0.2) is 0 Å². The topological polar surface area (TPSA) is 0 Å². The smallest absolute Gasteiger partial charge is 1.00 e. The Hall–Kier alpha value is 1.67. The largest absolute Gasteiger partial charge is 3.00 e. The van der Waals surface area contributed by atoms with Crippen molar-refractivity contribution < 1.29 is 51.0 Å². The molecule has 0 amide bonds. The van der Waals surface area contributed by atoms with Crippen LogP contribution in [-0.4, -0.2) is 17.6 Å². The van der Waals surface area contributed by atoms with Crippen molar-refractivity contribution in [3.8, 4) is 0 Å². The van der Waals surface area contributed by atoms with Crippen molar-refractivity contribution in [3.05, 3.63) is 24.3 Å². The monoisotopic (exact) mass is 488 g/mol. The molecule has 0 aromatic carbocycles. The Labute approximate surface area is 185 Å². The third-order valence-corrected chi connectivity index (χ3v) is 13.1. The summed E-state index contributed by atoms with van der Waals surface area (Å²) in [5, 5.41) is 0. The molecule has 0 heterocycles. The van der Waals surface area contributed by atoms with E-state index >= 15 is 0 Å². The second kappa shape index (κ2) is 21.7. The van der Waals surface area contributed by atoms with Crippen LogP contribution in [0.25, 0.3) is 0 Å². The van der Waals surface area contributed by atoms with Crippen molar-refractivity contribution in [1.82, 2.24) is 0 Å². The third kappa shape index (κ3) is 19.8. The van der Waals surface area contributed by atoms with Crippen molar-refractivity contribution >= 4 is 28.7 Å². The Balaban J connectivity index is -0.000000193. The molecule has 1 aliphatic rings. The second-order valence-corrected chi connectivity index (χ2v) is 13.3. The van der Waals surface area contributed by atoms with Crippen LogP contribution in [-0.2, 0) is 26.2 Å². The zero-order valence-electron chi connectivity index (χ0n) is 15.2. The van der Waals surface area contributed by atoms with Gasteiger partial charge >= 0.3 is 26.2 Å². The number of allylic oxidation sites excluding steroid dienone is 4. The van der Waals surface area contributed by atoms with Crippen LogP contribution < -0.4 is 24.8 Å². The van der Waals surface area contributed by atoms with Crippen LogP contribution in [0, 0.1) is 6.08 Å². The molecule has 1 rings (SSSR count). The van der Waals surface area contributed by atoms with Crippen LogP contribution in [0.5, 0.6) is 0 Å². The summed E-state index contributed by atoms with van der Waals surface area (Å²) < 4.78 is 0.551. The first kappa shape index (κ1) is 32.3. The Morgan fingerprint density at radius 3 is 2.09 bits per heavy atom. The quantitative estimate of drug-likeness (QED) is 0.182. The first-order valence-corrected chi connectivity index (χ1v) is 13.2. The van der Waals surface area contributed by atoms with E-state index in [1.54, 1.807) is 0 Å². The summed E-state index contributed by atoms with van der Waals surface area (Å²) in [6, 6.07) is 1.48. The van der Waals surface area contributed by atoms with E-state index in [0.717, 1.165) is 6.42 Å². The minimum atomic E-state index is -0.336. The molecule has 134 valence electrons. The van der Waals surface area contributed by atoms with E-state index in [4.69, 9.17) is 11.1 Å². The third-order valence-electron chi connectivity index (χ3n) is 3.98. The Kier molecular flexibility index (Phi) is 30.5. The van der Waals surface area contributed by atoms with Gasteiger partial charge in [0.2, 0.25) is 0 Å². The average Bonchev–Trinajstić information content (AvgIpc) is 3.01. The fourth-order valence-corrected chi connectivity index (χ4v) is 6.92. The second-order valence-electron chi connectivity index (χ2n) is 6.32. The summed E-state index contributed by atoms with van der Waals surface area (Å²) >= 11 is 6.13. The number of hydrogen-bond acceptors (Lipinski definition) is 0. The number of hydrogen-bond donors (Lipinski definition) is 0. The molecule has 0 fully saturated rings. The molecule has 0 saturated carbocycles. The van der Waals surface area contributed by atoms with Crippen LogP contribution in [0.2, 0.25) is 17.3 Å². The van der Waals surface area contributed by atoms with Gasteiger partial charge in [-0.25, -0.2) is 12.2 Å². The summed E-state index contributed by atoms with van der Waals surface area (Å²) in [4.78, 5) is 0. The van der Waals surface area contributed by atoms with Crippen LogP contribution in [0.3, 0.4) is 0 Å².